The molecule has 1 aromatic carbocycles. The van der Waals surface area contributed by atoms with Gasteiger partial charge in [0.1, 0.15) is 0 Å². The van der Waals surface area contributed by atoms with Gasteiger partial charge in [-0.2, -0.15) is 11.8 Å². The topological polar surface area (TPSA) is 21.3 Å². The van der Waals surface area contributed by atoms with Crippen LogP contribution in [0.5, 0.6) is 0 Å². The summed E-state index contributed by atoms with van der Waals surface area (Å²) >= 11 is 2.00. The van der Waals surface area contributed by atoms with Crippen LogP contribution in [-0.4, -0.2) is 37.3 Å². The molecule has 1 aliphatic heterocycles. The monoisotopic (exact) mass is 279 g/mol. The van der Waals surface area contributed by atoms with Crippen molar-refractivity contribution in [2.24, 2.45) is 0 Å². The van der Waals surface area contributed by atoms with E-state index in [0.29, 0.717) is 12.1 Å². The first-order valence-corrected chi connectivity index (χ1v) is 8.20. The van der Waals surface area contributed by atoms with Gasteiger partial charge in [0.2, 0.25) is 0 Å². The van der Waals surface area contributed by atoms with Crippen molar-refractivity contribution in [3.8, 4) is 0 Å². The summed E-state index contributed by atoms with van der Waals surface area (Å²) in [4.78, 5) is 0. The Hall–Kier alpha value is -0.510. The molecule has 1 aromatic rings. The Labute approximate surface area is 121 Å². The lowest BCUT2D eigenvalue weighted by atomic mass is 9.93. The minimum absolute atomic E-state index is 0.337. The van der Waals surface area contributed by atoms with Crippen LogP contribution in [0.3, 0.4) is 0 Å². The number of thioether (sulfide) groups is 1. The fourth-order valence-corrected chi connectivity index (χ4v) is 3.85. The second-order valence-electron chi connectivity index (χ2n) is 5.46. The van der Waals surface area contributed by atoms with E-state index in [1.165, 1.54) is 22.3 Å². The van der Waals surface area contributed by atoms with E-state index in [0.717, 1.165) is 24.5 Å². The maximum Gasteiger partial charge on any atom is 0.0821 e. The first kappa shape index (κ1) is 14.9. The first-order valence-electron chi connectivity index (χ1n) is 7.05. The molecule has 2 unspecified atom stereocenters. The van der Waals surface area contributed by atoms with Crippen LogP contribution in [0.25, 0.3) is 0 Å². The number of aryl methyl sites for hydroxylation is 3. The van der Waals surface area contributed by atoms with E-state index in [2.05, 4.69) is 38.2 Å². The Morgan fingerprint density at radius 1 is 1.32 bits per heavy atom. The van der Waals surface area contributed by atoms with E-state index in [1.807, 2.05) is 18.8 Å². The Bertz CT molecular complexity index is 404. The van der Waals surface area contributed by atoms with Crippen LogP contribution in [-0.2, 0) is 11.2 Å². The fraction of sp³-hybridized carbons (Fsp3) is 0.625. The zero-order chi connectivity index (χ0) is 13.8. The zero-order valence-electron chi connectivity index (χ0n) is 12.5. The molecule has 0 saturated carbocycles. The molecule has 0 aliphatic carbocycles. The van der Waals surface area contributed by atoms with Crippen LogP contribution >= 0.6 is 11.8 Å². The molecule has 19 heavy (non-hydrogen) atoms. The van der Waals surface area contributed by atoms with Crippen molar-refractivity contribution in [2.45, 2.75) is 39.3 Å². The average molecular weight is 279 g/mol. The summed E-state index contributed by atoms with van der Waals surface area (Å²) in [5.41, 5.74) is 5.63. The Morgan fingerprint density at radius 3 is 2.53 bits per heavy atom. The Balaban J connectivity index is 2.13. The molecule has 2 rings (SSSR count). The fourth-order valence-electron chi connectivity index (χ4n) is 2.91. The minimum atomic E-state index is 0.337. The Kier molecular flexibility index (Phi) is 5.31. The van der Waals surface area contributed by atoms with Gasteiger partial charge in [0, 0.05) is 17.5 Å². The second-order valence-corrected chi connectivity index (χ2v) is 6.61. The van der Waals surface area contributed by atoms with Crippen molar-refractivity contribution in [1.29, 1.82) is 0 Å². The van der Waals surface area contributed by atoms with Gasteiger partial charge in [-0.1, -0.05) is 17.7 Å². The number of hydrogen-bond acceptors (Lipinski definition) is 3. The highest BCUT2D eigenvalue weighted by molar-refractivity contribution is 7.99. The molecular weight excluding hydrogens is 254 g/mol. The van der Waals surface area contributed by atoms with Crippen molar-refractivity contribution in [2.75, 3.05) is 25.2 Å². The quantitative estimate of drug-likeness (QED) is 0.916. The molecule has 0 aromatic heterocycles. The molecule has 2 atom stereocenters. The maximum atomic E-state index is 5.92. The third-order valence-corrected chi connectivity index (χ3v) is 4.95. The molecule has 0 bridgehead atoms. The lowest BCUT2D eigenvalue weighted by Crippen LogP contribution is -2.44. The standard InChI is InChI=1S/C16H25NOS/c1-11-7-12(2)14(13(3)8-11)9-15(17-4)16-10-19-6-5-18-16/h7-8,15-17H,5-6,9-10H2,1-4H3. The number of nitrogens with one attached hydrogen (secondary N) is 1. The van der Waals surface area contributed by atoms with E-state index in [4.69, 9.17) is 4.74 Å². The maximum absolute atomic E-state index is 5.92. The third-order valence-electron chi connectivity index (χ3n) is 3.93. The van der Waals surface area contributed by atoms with Gasteiger partial charge in [-0.15, -0.1) is 0 Å². The van der Waals surface area contributed by atoms with Crippen LogP contribution in [0.2, 0.25) is 0 Å². The predicted molar refractivity (Wildman–Crippen MR) is 84.3 cm³/mol. The van der Waals surface area contributed by atoms with Gasteiger partial charge >= 0.3 is 0 Å². The number of rotatable bonds is 4. The van der Waals surface area contributed by atoms with E-state index >= 15 is 0 Å². The van der Waals surface area contributed by atoms with Crippen LogP contribution in [0, 0.1) is 20.8 Å². The number of likely N-dealkylation sites (N-methyl/N-ethyl adjacent to an activating group) is 1. The molecule has 0 spiro atoms. The normalized spacial score (nSPS) is 21.4. The highest BCUT2D eigenvalue weighted by Gasteiger charge is 2.24. The van der Waals surface area contributed by atoms with Crippen LogP contribution < -0.4 is 5.32 Å². The summed E-state index contributed by atoms with van der Waals surface area (Å²) in [5.74, 6) is 2.24. The summed E-state index contributed by atoms with van der Waals surface area (Å²) in [5, 5.41) is 3.45. The van der Waals surface area contributed by atoms with Gasteiger partial charge in [-0.3, -0.25) is 0 Å². The van der Waals surface area contributed by atoms with Gasteiger partial charge in [0.05, 0.1) is 12.7 Å². The molecule has 1 heterocycles. The SMILES string of the molecule is CNC(Cc1c(C)cc(C)cc1C)C1CSCCO1. The van der Waals surface area contributed by atoms with Crippen molar-refractivity contribution >= 4 is 11.8 Å². The number of hydrogen-bond donors (Lipinski definition) is 1. The van der Waals surface area contributed by atoms with Crippen molar-refractivity contribution in [3.05, 3.63) is 34.4 Å². The largest absolute Gasteiger partial charge is 0.375 e. The Morgan fingerprint density at radius 2 is 2.00 bits per heavy atom. The summed E-state index contributed by atoms with van der Waals surface area (Å²) in [6.07, 6.45) is 1.39. The molecular formula is C16H25NOS. The number of benzene rings is 1. The molecule has 106 valence electrons. The lowest BCUT2D eigenvalue weighted by molar-refractivity contribution is 0.0491. The summed E-state index contributed by atoms with van der Waals surface area (Å²) in [6.45, 7) is 7.50. The van der Waals surface area contributed by atoms with Gasteiger partial charge in [0.25, 0.3) is 0 Å². The highest BCUT2D eigenvalue weighted by atomic mass is 32.2. The van der Waals surface area contributed by atoms with Gasteiger partial charge in [-0.05, 0) is 50.9 Å². The van der Waals surface area contributed by atoms with Gasteiger partial charge in [0.15, 0.2) is 0 Å². The molecule has 1 N–H and O–H groups in total. The molecule has 2 nitrogen and oxygen atoms in total. The minimum Gasteiger partial charge on any atom is -0.375 e. The summed E-state index contributed by atoms with van der Waals surface area (Å²) in [7, 11) is 2.05. The van der Waals surface area contributed by atoms with E-state index in [1.54, 1.807) is 0 Å². The second kappa shape index (κ2) is 6.78. The van der Waals surface area contributed by atoms with Crippen LogP contribution in [0.15, 0.2) is 12.1 Å². The third kappa shape index (κ3) is 3.74. The average Bonchev–Trinajstić information content (AvgIpc) is 2.39. The molecule has 3 heteroatoms. The molecule has 0 radical (unpaired) electrons. The van der Waals surface area contributed by atoms with E-state index in [9.17, 15) is 0 Å². The van der Waals surface area contributed by atoms with Crippen molar-refractivity contribution in [3.63, 3.8) is 0 Å². The predicted octanol–water partition coefficient (Wildman–Crippen LogP) is 2.87. The molecule has 1 fully saturated rings. The van der Waals surface area contributed by atoms with Gasteiger partial charge in [-0.25, -0.2) is 0 Å². The van der Waals surface area contributed by atoms with Gasteiger partial charge < -0.3 is 10.1 Å². The molecule has 1 saturated heterocycles. The number of ether oxygens (including phenoxy) is 1. The molecule has 0 amide bonds. The lowest BCUT2D eigenvalue weighted by Gasteiger charge is -2.31. The smallest absolute Gasteiger partial charge is 0.0821 e. The van der Waals surface area contributed by atoms with Crippen LogP contribution in [0.4, 0.5) is 0 Å². The highest BCUT2D eigenvalue weighted by Crippen LogP contribution is 2.22. The zero-order valence-corrected chi connectivity index (χ0v) is 13.3. The van der Waals surface area contributed by atoms with Crippen molar-refractivity contribution in [1.82, 2.24) is 5.32 Å². The first-order chi connectivity index (χ1) is 9.11. The summed E-state index contributed by atoms with van der Waals surface area (Å²) < 4.78 is 5.92. The van der Waals surface area contributed by atoms with Crippen LogP contribution in [0.1, 0.15) is 22.3 Å². The summed E-state index contributed by atoms with van der Waals surface area (Å²) in [6, 6.07) is 4.98. The van der Waals surface area contributed by atoms with Crippen molar-refractivity contribution < 1.29 is 4.74 Å². The molecule has 1 aliphatic rings. The van der Waals surface area contributed by atoms with E-state index < -0.39 is 0 Å². The van der Waals surface area contributed by atoms with E-state index in [-0.39, 0.29) is 0 Å².